The lowest BCUT2D eigenvalue weighted by Gasteiger charge is -2.62. The van der Waals surface area contributed by atoms with Gasteiger partial charge in [0.2, 0.25) is 0 Å². The maximum absolute atomic E-state index is 11.0. The first-order valence-electron chi connectivity index (χ1n) is 11.5. The van der Waals surface area contributed by atoms with E-state index in [0.717, 1.165) is 43.2 Å². The molecule has 0 saturated heterocycles. The van der Waals surface area contributed by atoms with E-state index in [1.165, 1.54) is 6.42 Å². The smallest absolute Gasteiger partial charge is 0.320 e. The van der Waals surface area contributed by atoms with Gasteiger partial charge in [-0.1, -0.05) is 24.3 Å². The van der Waals surface area contributed by atoms with E-state index in [1.807, 2.05) is 24.3 Å². The molecule has 4 bridgehead atoms. The number of carbonyl (C=O) groups is 1. The zero-order chi connectivity index (χ0) is 23.0. The summed E-state index contributed by atoms with van der Waals surface area (Å²) in [5.41, 5.74) is 7.40. The minimum absolute atomic E-state index is 0.0145. The molecule has 0 heterocycles. The number of nitrogens with one attached hydrogen (secondary N) is 1. The van der Waals surface area contributed by atoms with Crippen molar-refractivity contribution < 1.29 is 27.6 Å². The summed E-state index contributed by atoms with van der Waals surface area (Å²) >= 11 is 0. The summed E-state index contributed by atoms with van der Waals surface area (Å²) in [5, 5.41) is 12.7. The molecule has 0 aromatic heterocycles. The highest BCUT2D eigenvalue weighted by Gasteiger charge is 2.58. The SMILES string of the molecule is N[C@@H](Cc1cccc(COC23CC4CC(CC(NCCCS(=O)(=O)O)(C4)C2)C3)c1)C(=O)O. The number of benzene rings is 1. The third-order valence-electron chi connectivity index (χ3n) is 7.40. The van der Waals surface area contributed by atoms with Crippen LogP contribution in [0.3, 0.4) is 0 Å². The van der Waals surface area contributed by atoms with Gasteiger partial charge in [0.05, 0.1) is 18.0 Å². The Balaban J connectivity index is 1.38. The Bertz CT molecular complexity index is 936. The lowest BCUT2D eigenvalue weighted by Crippen LogP contribution is -2.65. The average Bonchev–Trinajstić information content (AvgIpc) is 2.68. The maximum Gasteiger partial charge on any atom is 0.320 e. The van der Waals surface area contributed by atoms with E-state index in [0.29, 0.717) is 31.4 Å². The summed E-state index contributed by atoms with van der Waals surface area (Å²) in [4.78, 5) is 11.0. The maximum atomic E-state index is 11.0. The third-order valence-corrected chi connectivity index (χ3v) is 8.20. The van der Waals surface area contributed by atoms with Gasteiger partial charge >= 0.3 is 5.97 Å². The van der Waals surface area contributed by atoms with Crippen LogP contribution in [0.1, 0.15) is 56.1 Å². The van der Waals surface area contributed by atoms with Crippen molar-refractivity contribution in [1.82, 2.24) is 5.32 Å². The molecule has 1 aromatic rings. The minimum atomic E-state index is -3.92. The second-order valence-electron chi connectivity index (χ2n) is 10.2. The molecule has 4 saturated carbocycles. The van der Waals surface area contributed by atoms with Crippen LogP contribution >= 0.6 is 0 Å². The van der Waals surface area contributed by atoms with Crippen LogP contribution < -0.4 is 11.1 Å². The van der Waals surface area contributed by atoms with Gasteiger partial charge in [-0.3, -0.25) is 9.35 Å². The van der Waals surface area contributed by atoms with E-state index >= 15 is 0 Å². The molecule has 2 unspecified atom stereocenters. The van der Waals surface area contributed by atoms with E-state index in [1.54, 1.807) is 0 Å². The van der Waals surface area contributed by atoms with Crippen LogP contribution in [0, 0.1) is 11.8 Å². The predicted octanol–water partition coefficient (Wildman–Crippen LogP) is 2.12. The highest BCUT2D eigenvalue weighted by Crippen LogP contribution is 2.59. The van der Waals surface area contributed by atoms with Gasteiger partial charge in [-0.15, -0.1) is 0 Å². The molecule has 4 aliphatic carbocycles. The molecule has 4 fully saturated rings. The number of carboxylic acids is 1. The number of nitrogens with two attached hydrogens (primary N) is 1. The number of ether oxygens (including phenoxy) is 1. The van der Waals surface area contributed by atoms with Crippen molar-refractivity contribution in [3.05, 3.63) is 35.4 Å². The third kappa shape index (κ3) is 5.69. The molecule has 0 amide bonds. The molecule has 0 spiro atoms. The average molecular weight is 467 g/mol. The summed E-state index contributed by atoms with van der Waals surface area (Å²) in [6, 6.07) is 6.87. The van der Waals surface area contributed by atoms with Gasteiger partial charge in [0, 0.05) is 5.54 Å². The molecule has 4 aliphatic rings. The Morgan fingerprint density at radius 3 is 2.56 bits per heavy atom. The van der Waals surface area contributed by atoms with Crippen molar-refractivity contribution in [3.63, 3.8) is 0 Å². The topological polar surface area (TPSA) is 139 Å². The zero-order valence-corrected chi connectivity index (χ0v) is 19.1. The minimum Gasteiger partial charge on any atom is -0.480 e. The molecule has 0 radical (unpaired) electrons. The number of hydrogen-bond acceptors (Lipinski definition) is 6. The summed E-state index contributed by atoms with van der Waals surface area (Å²) in [6.45, 7) is 1.05. The Morgan fingerprint density at radius 2 is 1.91 bits per heavy atom. The highest BCUT2D eigenvalue weighted by molar-refractivity contribution is 7.85. The van der Waals surface area contributed by atoms with Crippen molar-refractivity contribution in [2.24, 2.45) is 17.6 Å². The predicted molar refractivity (Wildman–Crippen MR) is 120 cm³/mol. The Kier molecular flexibility index (Phi) is 6.66. The quantitative estimate of drug-likeness (QED) is 0.287. The van der Waals surface area contributed by atoms with E-state index in [4.69, 9.17) is 20.1 Å². The van der Waals surface area contributed by atoms with Crippen molar-refractivity contribution in [2.45, 2.75) is 75.2 Å². The first kappa shape index (κ1) is 23.6. The summed E-state index contributed by atoms with van der Waals surface area (Å²) in [6.07, 6.45) is 7.16. The lowest BCUT2D eigenvalue weighted by molar-refractivity contribution is -0.181. The van der Waals surface area contributed by atoms with Crippen LogP contribution in [0.5, 0.6) is 0 Å². The van der Waals surface area contributed by atoms with Gasteiger partial charge in [-0.05, 0) is 80.9 Å². The normalized spacial score (nSPS) is 32.2. The summed E-state index contributed by atoms with van der Waals surface area (Å²) < 4.78 is 37.6. The monoisotopic (exact) mass is 466 g/mol. The molecular weight excluding hydrogens is 432 g/mol. The van der Waals surface area contributed by atoms with Gasteiger partial charge in [0.15, 0.2) is 0 Å². The fourth-order valence-corrected chi connectivity index (χ4v) is 7.10. The standard InChI is InChI=1S/C23H34N2O6S/c24-20(21(26)27)9-16-3-1-4-17(7-16)14-31-23-12-18-8-19(13-23)11-22(10-18,15-23)25-5-2-6-32(28,29)30/h1,3-4,7,18-20,25H,2,5-6,8-15,24H2,(H,26,27)(H,28,29,30)/t18?,19?,20-,22?,23?/m0/s1. The Morgan fingerprint density at radius 1 is 1.22 bits per heavy atom. The molecule has 32 heavy (non-hydrogen) atoms. The molecule has 8 nitrogen and oxygen atoms in total. The van der Waals surface area contributed by atoms with E-state index in [2.05, 4.69) is 5.32 Å². The first-order valence-corrected chi connectivity index (χ1v) is 13.1. The Hall–Kier alpha value is -1.52. The van der Waals surface area contributed by atoms with Crippen LogP contribution in [0.2, 0.25) is 0 Å². The van der Waals surface area contributed by atoms with Crippen molar-refractivity contribution in [1.29, 1.82) is 0 Å². The van der Waals surface area contributed by atoms with Crippen molar-refractivity contribution in [2.75, 3.05) is 12.3 Å². The van der Waals surface area contributed by atoms with Crippen molar-refractivity contribution >= 4 is 16.1 Å². The van der Waals surface area contributed by atoms with E-state index < -0.39 is 22.1 Å². The summed E-state index contributed by atoms with van der Waals surface area (Å²) in [7, 11) is -3.92. The van der Waals surface area contributed by atoms with Gasteiger partial charge in [0.25, 0.3) is 10.1 Å². The van der Waals surface area contributed by atoms with E-state index in [9.17, 15) is 13.2 Å². The highest BCUT2D eigenvalue weighted by atomic mass is 32.2. The van der Waals surface area contributed by atoms with Crippen LogP contribution in [-0.2, 0) is 32.7 Å². The zero-order valence-electron chi connectivity index (χ0n) is 18.3. The molecule has 9 heteroatoms. The molecule has 178 valence electrons. The molecule has 1 aromatic carbocycles. The first-order chi connectivity index (χ1) is 15.1. The lowest BCUT2D eigenvalue weighted by atomic mass is 9.51. The second-order valence-corrected chi connectivity index (χ2v) is 11.8. The van der Waals surface area contributed by atoms with Gasteiger partial charge < -0.3 is 20.9 Å². The molecular formula is C23H34N2O6S. The fourth-order valence-electron chi connectivity index (χ4n) is 6.59. The van der Waals surface area contributed by atoms with Gasteiger partial charge in [-0.25, -0.2) is 0 Å². The number of rotatable bonds is 11. The van der Waals surface area contributed by atoms with Gasteiger partial charge in [0.1, 0.15) is 6.04 Å². The van der Waals surface area contributed by atoms with Crippen LogP contribution in [0.25, 0.3) is 0 Å². The Labute approximate surface area is 189 Å². The molecule has 3 atom stereocenters. The van der Waals surface area contributed by atoms with Crippen LogP contribution in [-0.4, -0.2) is 53.5 Å². The number of hydrogen-bond donors (Lipinski definition) is 4. The molecule has 0 aliphatic heterocycles. The number of aliphatic carboxylic acids is 1. The fraction of sp³-hybridized carbons (Fsp3) is 0.696. The van der Waals surface area contributed by atoms with Gasteiger partial charge in [-0.2, -0.15) is 8.42 Å². The van der Waals surface area contributed by atoms with Crippen LogP contribution in [0.4, 0.5) is 0 Å². The molecule has 5 N–H and O–H groups in total. The number of carboxylic acid groups (broad SMARTS) is 1. The second kappa shape index (κ2) is 9.02. The van der Waals surface area contributed by atoms with E-state index in [-0.39, 0.29) is 23.3 Å². The van der Waals surface area contributed by atoms with Crippen molar-refractivity contribution in [3.8, 4) is 0 Å². The largest absolute Gasteiger partial charge is 0.480 e. The summed E-state index contributed by atoms with van der Waals surface area (Å²) in [5.74, 6) is 0.0111. The van der Waals surface area contributed by atoms with Crippen LogP contribution in [0.15, 0.2) is 24.3 Å². The molecule has 5 rings (SSSR count).